The van der Waals surface area contributed by atoms with Gasteiger partial charge in [-0.15, -0.1) is 5.12 Å². The van der Waals surface area contributed by atoms with Crippen LogP contribution in [0.2, 0.25) is 0 Å². The molecular weight excluding hydrogens is 620 g/mol. The third-order valence-electron chi connectivity index (χ3n) is 8.81. The van der Waals surface area contributed by atoms with Crippen LogP contribution in [-0.4, -0.2) is 115 Å². The number of aliphatic hydroxyl groups excluding tert-OH is 4. The Bertz CT molecular complexity index is 1670. The monoisotopic (exact) mass is 664 g/mol. The van der Waals surface area contributed by atoms with Gasteiger partial charge in [0.15, 0.2) is 6.29 Å². The van der Waals surface area contributed by atoms with Crippen molar-refractivity contribution in [3.8, 4) is 0 Å². The molecule has 0 saturated carbocycles. The molecule has 13 heteroatoms. The van der Waals surface area contributed by atoms with E-state index in [0.29, 0.717) is 39.3 Å². The van der Waals surface area contributed by atoms with Gasteiger partial charge in [0, 0.05) is 12.6 Å². The van der Waals surface area contributed by atoms with E-state index in [1.165, 1.54) is 37.9 Å². The summed E-state index contributed by atoms with van der Waals surface area (Å²) in [6, 6.07) is 19.6. The number of hydrogen-bond donors (Lipinski definition) is 7. The molecule has 5 atom stereocenters. The first kappa shape index (κ1) is 34.2. The Kier molecular flexibility index (Phi) is 11.5. The van der Waals surface area contributed by atoms with E-state index in [-0.39, 0.29) is 19.1 Å². The van der Waals surface area contributed by atoms with Gasteiger partial charge in [-0.25, -0.2) is 0 Å². The minimum atomic E-state index is -1.48. The number of aryl methyl sites for hydroxylation is 1. The second-order valence-corrected chi connectivity index (χ2v) is 12.1. The fourth-order valence-electron chi connectivity index (χ4n) is 6.25. The Morgan fingerprint density at radius 2 is 1.56 bits per heavy atom. The molecule has 48 heavy (non-hydrogen) atoms. The Morgan fingerprint density at radius 1 is 0.854 bits per heavy atom. The predicted molar refractivity (Wildman–Crippen MR) is 179 cm³/mol. The first-order valence-electron chi connectivity index (χ1n) is 16.4. The summed E-state index contributed by atoms with van der Waals surface area (Å²) in [5.74, 6) is 0.00999. The molecule has 0 bridgehead atoms. The molecule has 7 N–H and O–H groups in total. The third kappa shape index (κ3) is 7.97. The number of aliphatic hydroxyl groups is 4. The molecule has 0 radical (unpaired) electrons. The average molecular weight is 665 g/mol. The lowest BCUT2D eigenvalue weighted by Gasteiger charge is -2.39. The molecule has 0 aromatic heterocycles. The molecule has 4 aromatic carbocycles. The van der Waals surface area contributed by atoms with Crippen LogP contribution in [0.3, 0.4) is 0 Å². The molecule has 13 nitrogen and oxygen atoms in total. The van der Waals surface area contributed by atoms with E-state index >= 15 is 0 Å². The van der Waals surface area contributed by atoms with Crippen molar-refractivity contribution in [2.75, 3.05) is 52.7 Å². The van der Waals surface area contributed by atoms with Crippen molar-refractivity contribution in [1.29, 1.82) is 0 Å². The minimum absolute atomic E-state index is 0.00999. The number of ether oxygens (including phenoxy) is 4. The van der Waals surface area contributed by atoms with Crippen LogP contribution >= 0.6 is 0 Å². The summed E-state index contributed by atoms with van der Waals surface area (Å²) in [5, 5.41) is 51.2. The van der Waals surface area contributed by atoms with Crippen LogP contribution in [0.5, 0.6) is 0 Å². The number of hydrazine groups is 2. The van der Waals surface area contributed by atoms with Crippen LogP contribution in [-0.2, 0) is 30.2 Å². The summed E-state index contributed by atoms with van der Waals surface area (Å²) >= 11 is 0. The Labute approximate surface area is 278 Å². The number of nitrogens with zero attached hydrogens (tertiary/aromatic N) is 1. The zero-order valence-corrected chi connectivity index (χ0v) is 26.7. The van der Waals surface area contributed by atoms with Gasteiger partial charge in [-0.1, -0.05) is 54.6 Å². The Morgan fingerprint density at radius 3 is 2.35 bits per heavy atom. The number of carbonyl (C=O) groups excluding carboxylic acids is 1. The Balaban J connectivity index is 0.809. The van der Waals surface area contributed by atoms with E-state index in [4.69, 9.17) is 18.9 Å². The van der Waals surface area contributed by atoms with Crippen molar-refractivity contribution in [3.05, 3.63) is 72.1 Å². The number of nitrogens with one attached hydrogen (secondary N) is 3. The molecule has 2 heterocycles. The van der Waals surface area contributed by atoms with Gasteiger partial charge in [-0.3, -0.25) is 4.79 Å². The minimum Gasteiger partial charge on any atom is -0.394 e. The highest BCUT2D eigenvalue weighted by molar-refractivity contribution is 6.23. The van der Waals surface area contributed by atoms with Gasteiger partial charge >= 0.3 is 0 Å². The molecule has 2 aliphatic rings. The number of amides is 1. The lowest BCUT2D eigenvalue weighted by atomic mass is 9.90. The maximum Gasteiger partial charge on any atom is 0.220 e. The molecule has 1 saturated heterocycles. The zero-order chi connectivity index (χ0) is 33.5. The first-order chi connectivity index (χ1) is 23.4. The molecule has 1 fully saturated rings. The number of benzene rings is 4. The molecule has 4 aromatic rings. The van der Waals surface area contributed by atoms with E-state index < -0.39 is 37.3 Å². The van der Waals surface area contributed by atoms with Crippen molar-refractivity contribution < 1.29 is 44.2 Å². The SMILES string of the molecule is O=C(CCCc1ccc2ccc3cccc4ccc1c2c34)NCC1=CNN(CCOCCOCCO[C@@H]2O[C@H](CO)[C@@H](O)[C@H](O)[C@@H]2O)N1. The zero-order valence-electron chi connectivity index (χ0n) is 26.7. The Hall–Kier alpha value is -3.63. The van der Waals surface area contributed by atoms with Gasteiger partial charge in [0.25, 0.3) is 0 Å². The van der Waals surface area contributed by atoms with Gasteiger partial charge in [0.05, 0.1) is 58.4 Å². The second-order valence-electron chi connectivity index (χ2n) is 12.1. The highest BCUT2D eigenvalue weighted by atomic mass is 16.7. The average Bonchev–Trinajstić information content (AvgIpc) is 3.57. The summed E-state index contributed by atoms with van der Waals surface area (Å²) in [7, 11) is 0. The largest absolute Gasteiger partial charge is 0.394 e. The fourth-order valence-corrected chi connectivity index (χ4v) is 6.25. The van der Waals surface area contributed by atoms with E-state index in [1.54, 1.807) is 5.12 Å². The summed E-state index contributed by atoms with van der Waals surface area (Å²) in [6.07, 6.45) is -2.68. The van der Waals surface area contributed by atoms with Crippen LogP contribution in [0.25, 0.3) is 32.3 Å². The van der Waals surface area contributed by atoms with Crippen LogP contribution in [0.15, 0.2) is 66.5 Å². The maximum absolute atomic E-state index is 12.6. The molecule has 1 amide bonds. The molecule has 0 aliphatic carbocycles. The smallest absolute Gasteiger partial charge is 0.220 e. The summed E-state index contributed by atoms with van der Waals surface area (Å²) in [5.41, 5.74) is 8.41. The van der Waals surface area contributed by atoms with E-state index in [9.17, 15) is 25.2 Å². The maximum atomic E-state index is 12.6. The van der Waals surface area contributed by atoms with Crippen LogP contribution < -0.4 is 16.2 Å². The summed E-state index contributed by atoms with van der Waals surface area (Å²) in [4.78, 5) is 12.6. The fraction of sp³-hybridized carbons (Fsp3) is 0.457. The van der Waals surface area contributed by atoms with Gasteiger partial charge < -0.3 is 55.5 Å². The van der Waals surface area contributed by atoms with E-state index in [2.05, 4.69) is 70.8 Å². The van der Waals surface area contributed by atoms with Crippen molar-refractivity contribution in [2.45, 2.75) is 50.0 Å². The second kappa shape index (κ2) is 16.2. The van der Waals surface area contributed by atoms with Crippen LogP contribution in [0.1, 0.15) is 18.4 Å². The van der Waals surface area contributed by atoms with Gasteiger partial charge in [-0.05, 0) is 50.7 Å². The standard InChI is InChI=1S/C35H44N4O9/c40-21-28-32(42)33(43)34(44)35(48-28)47-18-17-46-16-15-45-14-13-39-37-20-26(38-39)19-36-29(41)6-2-3-22-7-8-25-10-9-23-4-1-5-24-11-12-27(22)31(25)30(23)24/h1,4-5,7-12,20,28,32-35,37-38,40,42-44H,2-3,6,13-19,21H2,(H,36,41)/t28-,32-,33+,34+,35-/m1/s1. The number of carbonyl (C=O) groups is 1. The topological polar surface area (TPSA) is 174 Å². The van der Waals surface area contributed by atoms with Crippen molar-refractivity contribution in [3.63, 3.8) is 0 Å². The van der Waals surface area contributed by atoms with Gasteiger partial charge in [0.2, 0.25) is 5.91 Å². The lowest BCUT2D eigenvalue weighted by Crippen LogP contribution is -2.59. The van der Waals surface area contributed by atoms with Gasteiger partial charge in [0.1, 0.15) is 24.4 Å². The van der Waals surface area contributed by atoms with Crippen molar-refractivity contribution >= 4 is 38.2 Å². The normalized spacial score (nSPS) is 23.1. The third-order valence-corrected chi connectivity index (χ3v) is 8.81. The van der Waals surface area contributed by atoms with Crippen LogP contribution in [0.4, 0.5) is 0 Å². The molecule has 0 spiro atoms. The van der Waals surface area contributed by atoms with E-state index in [1.807, 2.05) is 6.20 Å². The quantitative estimate of drug-likeness (QED) is 0.0633. The molecule has 258 valence electrons. The molecule has 6 rings (SSSR count). The van der Waals surface area contributed by atoms with Crippen LogP contribution in [0, 0.1) is 0 Å². The first-order valence-corrected chi connectivity index (χ1v) is 16.4. The highest BCUT2D eigenvalue weighted by Gasteiger charge is 2.43. The van der Waals surface area contributed by atoms with Crippen molar-refractivity contribution in [2.24, 2.45) is 0 Å². The highest BCUT2D eigenvalue weighted by Crippen LogP contribution is 2.36. The lowest BCUT2D eigenvalue weighted by molar-refractivity contribution is -0.302. The number of rotatable bonds is 17. The molecule has 0 unspecified atom stereocenters. The summed E-state index contributed by atoms with van der Waals surface area (Å²) < 4.78 is 21.7. The van der Waals surface area contributed by atoms with Gasteiger partial charge in [-0.2, -0.15) is 0 Å². The molecule has 2 aliphatic heterocycles. The predicted octanol–water partition coefficient (Wildman–Crippen LogP) is 1.04. The summed E-state index contributed by atoms with van der Waals surface area (Å²) in [6.45, 7) is 1.82. The van der Waals surface area contributed by atoms with E-state index in [0.717, 1.165) is 18.5 Å². The van der Waals surface area contributed by atoms with Crippen molar-refractivity contribution in [1.82, 2.24) is 21.3 Å². The number of hydrogen-bond acceptors (Lipinski definition) is 12. The molecular formula is C35H44N4O9.